The van der Waals surface area contributed by atoms with Crippen molar-refractivity contribution in [1.82, 2.24) is 0 Å². The quantitative estimate of drug-likeness (QED) is 0.906. The molecule has 1 aromatic carbocycles. The molecule has 0 bridgehead atoms. The Balaban J connectivity index is 2.14. The van der Waals surface area contributed by atoms with Gasteiger partial charge in [0.05, 0.1) is 0 Å². The van der Waals surface area contributed by atoms with Gasteiger partial charge in [-0.15, -0.1) is 0 Å². The molecule has 1 amide bonds. The standard InChI is InChI=1S/C15H19NO3/c1-3-11(2)12-6-4-5-7-13(12)16-15(17)14-10-18-8-9-19-14/h4-7,10-11H,3,8-9H2,1-2H3,(H,16,17). The van der Waals surface area contributed by atoms with Crippen LogP contribution in [0.2, 0.25) is 0 Å². The summed E-state index contributed by atoms with van der Waals surface area (Å²) in [6.45, 7) is 5.17. The molecule has 2 rings (SSSR count). The summed E-state index contributed by atoms with van der Waals surface area (Å²) in [5, 5.41) is 2.88. The van der Waals surface area contributed by atoms with E-state index in [1.165, 1.54) is 6.26 Å². The van der Waals surface area contributed by atoms with E-state index in [4.69, 9.17) is 9.47 Å². The van der Waals surface area contributed by atoms with Crippen LogP contribution in [0.1, 0.15) is 31.7 Å². The summed E-state index contributed by atoms with van der Waals surface area (Å²) >= 11 is 0. The molecule has 0 saturated heterocycles. The first kappa shape index (κ1) is 13.5. The maximum atomic E-state index is 12.0. The van der Waals surface area contributed by atoms with E-state index in [0.717, 1.165) is 17.7 Å². The highest BCUT2D eigenvalue weighted by molar-refractivity contribution is 6.02. The van der Waals surface area contributed by atoms with Crippen molar-refractivity contribution in [3.8, 4) is 0 Å². The maximum absolute atomic E-state index is 12.0. The average molecular weight is 261 g/mol. The molecule has 0 aromatic heterocycles. The molecule has 1 aliphatic rings. The minimum Gasteiger partial charge on any atom is -0.494 e. The van der Waals surface area contributed by atoms with Gasteiger partial charge in [-0.3, -0.25) is 4.79 Å². The Labute approximate surface area is 113 Å². The van der Waals surface area contributed by atoms with Gasteiger partial charge in [-0.25, -0.2) is 0 Å². The molecule has 1 atom stereocenters. The Morgan fingerprint density at radius 1 is 1.37 bits per heavy atom. The number of hydrogen-bond donors (Lipinski definition) is 1. The highest BCUT2D eigenvalue weighted by atomic mass is 16.6. The maximum Gasteiger partial charge on any atom is 0.294 e. The normalized spacial score (nSPS) is 15.8. The van der Waals surface area contributed by atoms with Crippen molar-refractivity contribution in [3.05, 3.63) is 41.9 Å². The van der Waals surface area contributed by atoms with E-state index in [1.54, 1.807) is 0 Å². The largest absolute Gasteiger partial charge is 0.494 e. The average Bonchev–Trinajstić information content (AvgIpc) is 2.48. The van der Waals surface area contributed by atoms with Crippen molar-refractivity contribution in [1.29, 1.82) is 0 Å². The smallest absolute Gasteiger partial charge is 0.294 e. The molecule has 102 valence electrons. The third-order valence-electron chi connectivity index (χ3n) is 3.23. The first-order chi connectivity index (χ1) is 9.22. The lowest BCUT2D eigenvalue weighted by Gasteiger charge is -2.18. The van der Waals surface area contributed by atoms with Crippen molar-refractivity contribution in [2.45, 2.75) is 26.2 Å². The van der Waals surface area contributed by atoms with Crippen molar-refractivity contribution in [3.63, 3.8) is 0 Å². The van der Waals surface area contributed by atoms with Crippen LogP contribution in [0.4, 0.5) is 5.69 Å². The van der Waals surface area contributed by atoms with Crippen LogP contribution in [0.15, 0.2) is 36.3 Å². The van der Waals surface area contributed by atoms with E-state index in [0.29, 0.717) is 19.1 Å². The predicted octanol–water partition coefficient (Wildman–Crippen LogP) is 3.03. The van der Waals surface area contributed by atoms with E-state index in [1.807, 2.05) is 24.3 Å². The third kappa shape index (κ3) is 3.28. The van der Waals surface area contributed by atoms with Crippen LogP contribution in [0, 0.1) is 0 Å². The minimum absolute atomic E-state index is 0.227. The molecular weight excluding hydrogens is 242 g/mol. The van der Waals surface area contributed by atoms with Gasteiger partial charge in [0.2, 0.25) is 5.76 Å². The molecule has 1 heterocycles. The number of benzene rings is 1. The van der Waals surface area contributed by atoms with Crippen LogP contribution >= 0.6 is 0 Å². The molecule has 19 heavy (non-hydrogen) atoms. The van der Waals surface area contributed by atoms with Crippen molar-refractivity contribution in [2.24, 2.45) is 0 Å². The highest BCUT2D eigenvalue weighted by Gasteiger charge is 2.17. The molecule has 0 spiro atoms. The van der Waals surface area contributed by atoms with Crippen LogP contribution < -0.4 is 5.32 Å². The molecule has 0 fully saturated rings. The lowest BCUT2D eigenvalue weighted by atomic mass is 9.97. The molecule has 1 unspecified atom stereocenters. The molecule has 0 saturated carbocycles. The van der Waals surface area contributed by atoms with E-state index >= 15 is 0 Å². The van der Waals surface area contributed by atoms with Crippen LogP contribution in [-0.2, 0) is 14.3 Å². The molecule has 1 aliphatic heterocycles. The lowest BCUT2D eigenvalue weighted by Crippen LogP contribution is -2.21. The Hall–Kier alpha value is -1.97. The molecule has 0 radical (unpaired) electrons. The number of para-hydroxylation sites is 1. The zero-order chi connectivity index (χ0) is 13.7. The summed E-state index contributed by atoms with van der Waals surface area (Å²) in [4.78, 5) is 12.0. The second-order valence-electron chi connectivity index (χ2n) is 4.55. The number of carbonyl (C=O) groups is 1. The van der Waals surface area contributed by atoms with Crippen molar-refractivity contribution >= 4 is 11.6 Å². The monoisotopic (exact) mass is 261 g/mol. The Bertz CT molecular complexity index is 482. The van der Waals surface area contributed by atoms with Gasteiger partial charge in [0.15, 0.2) is 0 Å². The summed E-state index contributed by atoms with van der Waals surface area (Å²) in [6, 6.07) is 7.84. The van der Waals surface area contributed by atoms with Gasteiger partial charge in [-0.2, -0.15) is 0 Å². The van der Waals surface area contributed by atoms with E-state index in [-0.39, 0.29) is 11.7 Å². The number of amides is 1. The topological polar surface area (TPSA) is 47.6 Å². The van der Waals surface area contributed by atoms with Crippen molar-refractivity contribution < 1.29 is 14.3 Å². The first-order valence-electron chi connectivity index (χ1n) is 6.57. The molecular formula is C15H19NO3. The first-order valence-corrected chi connectivity index (χ1v) is 6.57. The summed E-state index contributed by atoms with van der Waals surface area (Å²) in [6.07, 6.45) is 2.39. The van der Waals surface area contributed by atoms with Gasteiger partial charge < -0.3 is 14.8 Å². The van der Waals surface area contributed by atoms with E-state index in [2.05, 4.69) is 19.2 Å². The highest BCUT2D eigenvalue weighted by Crippen LogP contribution is 2.26. The molecule has 1 N–H and O–H groups in total. The predicted molar refractivity (Wildman–Crippen MR) is 73.8 cm³/mol. The second kappa shape index (κ2) is 6.27. The van der Waals surface area contributed by atoms with Gasteiger partial charge in [0.1, 0.15) is 19.5 Å². The number of rotatable bonds is 4. The fraction of sp³-hybridized carbons (Fsp3) is 0.400. The van der Waals surface area contributed by atoms with Gasteiger partial charge >= 0.3 is 0 Å². The summed E-state index contributed by atoms with van der Waals surface area (Å²) in [5.41, 5.74) is 1.97. The van der Waals surface area contributed by atoms with E-state index in [9.17, 15) is 4.79 Å². The fourth-order valence-corrected chi connectivity index (χ4v) is 1.93. The zero-order valence-electron chi connectivity index (χ0n) is 11.3. The molecule has 4 nitrogen and oxygen atoms in total. The van der Waals surface area contributed by atoms with Crippen LogP contribution in [0.25, 0.3) is 0 Å². The number of ether oxygens (including phenoxy) is 2. The summed E-state index contributed by atoms with van der Waals surface area (Å²) < 4.78 is 10.4. The lowest BCUT2D eigenvalue weighted by molar-refractivity contribution is -0.117. The van der Waals surface area contributed by atoms with Gasteiger partial charge in [-0.1, -0.05) is 32.0 Å². The van der Waals surface area contributed by atoms with Gasteiger partial charge in [0.25, 0.3) is 5.91 Å². The molecule has 0 aliphatic carbocycles. The second-order valence-corrected chi connectivity index (χ2v) is 4.55. The Kier molecular flexibility index (Phi) is 4.44. The number of nitrogens with one attached hydrogen (secondary N) is 1. The van der Waals surface area contributed by atoms with Crippen LogP contribution in [0.3, 0.4) is 0 Å². The molecule has 4 heteroatoms. The van der Waals surface area contributed by atoms with Crippen LogP contribution in [0.5, 0.6) is 0 Å². The summed E-state index contributed by atoms with van der Waals surface area (Å²) in [5.74, 6) is 0.356. The van der Waals surface area contributed by atoms with E-state index < -0.39 is 0 Å². The minimum atomic E-state index is -0.268. The zero-order valence-corrected chi connectivity index (χ0v) is 11.3. The SMILES string of the molecule is CCC(C)c1ccccc1NC(=O)C1=COCCO1. The number of anilines is 1. The third-order valence-corrected chi connectivity index (χ3v) is 3.23. The Morgan fingerprint density at radius 2 is 2.16 bits per heavy atom. The molecule has 1 aromatic rings. The Morgan fingerprint density at radius 3 is 2.84 bits per heavy atom. The van der Waals surface area contributed by atoms with Gasteiger partial charge in [0, 0.05) is 5.69 Å². The number of hydrogen-bond acceptors (Lipinski definition) is 3. The van der Waals surface area contributed by atoms with Crippen LogP contribution in [-0.4, -0.2) is 19.1 Å². The summed E-state index contributed by atoms with van der Waals surface area (Å²) in [7, 11) is 0. The van der Waals surface area contributed by atoms with Crippen molar-refractivity contribution in [2.75, 3.05) is 18.5 Å². The number of carbonyl (C=O) groups excluding carboxylic acids is 1. The fourth-order valence-electron chi connectivity index (χ4n) is 1.93. The van der Waals surface area contributed by atoms with Gasteiger partial charge in [-0.05, 0) is 24.0 Å².